The van der Waals surface area contributed by atoms with Gasteiger partial charge in [-0.15, -0.1) is 0 Å². The molecule has 15 heavy (non-hydrogen) atoms. The van der Waals surface area contributed by atoms with Crippen molar-refractivity contribution in [3.63, 3.8) is 0 Å². The summed E-state index contributed by atoms with van der Waals surface area (Å²) in [4.78, 5) is 4.55. The first-order valence-corrected chi connectivity index (χ1v) is 5.58. The van der Waals surface area contributed by atoms with E-state index in [1.54, 1.807) is 0 Å². The van der Waals surface area contributed by atoms with Crippen LogP contribution in [0.3, 0.4) is 0 Å². The third kappa shape index (κ3) is 2.69. The first-order valence-electron chi connectivity index (χ1n) is 5.58. The minimum Gasteiger partial charge on any atom is -0.476 e. The van der Waals surface area contributed by atoms with Crippen LogP contribution in [0.25, 0.3) is 0 Å². The number of nitrogens with zero attached hydrogens (tertiary/aromatic N) is 1. The molecule has 1 N–H and O–H groups in total. The van der Waals surface area contributed by atoms with E-state index in [1.807, 2.05) is 0 Å². The van der Waals surface area contributed by atoms with Gasteiger partial charge < -0.3 is 10.1 Å². The summed E-state index contributed by atoms with van der Waals surface area (Å²) in [5, 5.41) is 3.30. The summed E-state index contributed by atoms with van der Waals surface area (Å²) in [6.45, 7) is 6.89. The smallest absolute Gasteiger partial charge is 0.218 e. The van der Waals surface area contributed by atoms with E-state index in [9.17, 15) is 0 Å². The molecule has 1 aromatic heterocycles. The van der Waals surface area contributed by atoms with Gasteiger partial charge in [-0.1, -0.05) is 19.9 Å². The highest BCUT2D eigenvalue weighted by molar-refractivity contribution is 5.29. The van der Waals surface area contributed by atoms with Crippen LogP contribution in [0.15, 0.2) is 12.1 Å². The molecule has 1 aliphatic heterocycles. The average molecular weight is 206 g/mol. The van der Waals surface area contributed by atoms with E-state index in [2.05, 4.69) is 36.3 Å². The number of rotatable bonds is 2. The van der Waals surface area contributed by atoms with E-state index in [4.69, 9.17) is 4.74 Å². The Morgan fingerprint density at radius 1 is 1.47 bits per heavy atom. The third-order valence-corrected chi connectivity index (χ3v) is 2.45. The summed E-state index contributed by atoms with van der Waals surface area (Å²) >= 11 is 0. The van der Waals surface area contributed by atoms with Crippen LogP contribution in [-0.2, 0) is 13.0 Å². The van der Waals surface area contributed by atoms with Crippen molar-refractivity contribution in [3.8, 4) is 5.88 Å². The van der Waals surface area contributed by atoms with Gasteiger partial charge in [0.1, 0.15) is 6.61 Å². The van der Waals surface area contributed by atoms with Crippen molar-refractivity contribution in [3.05, 3.63) is 23.4 Å². The van der Waals surface area contributed by atoms with Gasteiger partial charge in [0.2, 0.25) is 5.88 Å². The molecule has 0 saturated heterocycles. The molecule has 1 aliphatic rings. The van der Waals surface area contributed by atoms with E-state index >= 15 is 0 Å². The standard InChI is InChI=1S/C12H18N2O/c1-9(2)7-11-4-3-10-8-13-5-6-15-12(10)14-11/h3-4,9,13H,5-8H2,1-2H3. The van der Waals surface area contributed by atoms with E-state index in [0.29, 0.717) is 12.5 Å². The molecule has 0 spiro atoms. The predicted octanol–water partition coefficient (Wildman–Crippen LogP) is 1.76. The maximum Gasteiger partial charge on any atom is 0.218 e. The number of aromatic nitrogens is 1. The fourth-order valence-corrected chi connectivity index (χ4v) is 1.74. The fraction of sp³-hybridized carbons (Fsp3) is 0.583. The van der Waals surface area contributed by atoms with Gasteiger partial charge in [-0.2, -0.15) is 0 Å². The van der Waals surface area contributed by atoms with Crippen molar-refractivity contribution in [2.45, 2.75) is 26.8 Å². The normalized spacial score (nSPS) is 15.7. The van der Waals surface area contributed by atoms with Crippen LogP contribution in [0.1, 0.15) is 25.1 Å². The van der Waals surface area contributed by atoms with Crippen molar-refractivity contribution in [1.29, 1.82) is 0 Å². The lowest BCUT2D eigenvalue weighted by atomic mass is 10.1. The molecule has 3 heteroatoms. The minimum atomic E-state index is 0.638. The molecule has 0 atom stereocenters. The van der Waals surface area contributed by atoms with Gasteiger partial charge in [0.15, 0.2) is 0 Å². The maximum atomic E-state index is 5.60. The van der Waals surface area contributed by atoms with Gasteiger partial charge in [0.25, 0.3) is 0 Å². The summed E-state index contributed by atoms with van der Waals surface area (Å²) in [6, 6.07) is 4.23. The minimum absolute atomic E-state index is 0.638. The summed E-state index contributed by atoms with van der Waals surface area (Å²) in [5.41, 5.74) is 2.30. The second-order valence-corrected chi connectivity index (χ2v) is 4.39. The Labute approximate surface area is 90.9 Å². The van der Waals surface area contributed by atoms with E-state index in [-0.39, 0.29) is 0 Å². The lowest BCUT2D eigenvalue weighted by molar-refractivity contribution is 0.312. The fourth-order valence-electron chi connectivity index (χ4n) is 1.74. The lowest BCUT2D eigenvalue weighted by Gasteiger charge is -2.09. The summed E-state index contributed by atoms with van der Waals surface area (Å²) < 4.78 is 5.60. The van der Waals surface area contributed by atoms with Crippen LogP contribution >= 0.6 is 0 Å². The second-order valence-electron chi connectivity index (χ2n) is 4.39. The zero-order valence-corrected chi connectivity index (χ0v) is 9.42. The quantitative estimate of drug-likeness (QED) is 0.800. The highest BCUT2D eigenvalue weighted by Crippen LogP contribution is 2.19. The van der Waals surface area contributed by atoms with Crippen molar-refractivity contribution in [1.82, 2.24) is 10.3 Å². The lowest BCUT2D eigenvalue weighted by Crippen LogP contribution is -2.16. The van der Waals surface area contributed by atoms with Gasteiger partial charge in [0, 0.05) is 24.3 Å². The van der Waals surface area contributed by atoms with Crippen LogP contribution in [-0.4, -0.2) is 18.1 Å². The Kier molecular flexibility index (Phi) is 3.21. The Balaban J connectivity index is 2.20. The van der Waals surface area contributed by atoms with Gasteiger partial charge in [0.05, 0.1) is 0 Å². The number of nitrogens with one attached hydrogen (secondary N) is 1. The predicted molar refractivity (Wildman–Crippen MR) is 60.0 cm³/mol. The topological polar surface area (TPSA) is 34.1 Å². The van der Waals surface area contributed by atoms with Crippen LogP contribution in [0.2, 0.25) is 0 Å². The van der Waals surface area contributed by atoms with Crippen LogP contribution in [0, 0.1) is 5.92 Å². The van der Waals surface area contributed by atoms with E-state index in [0.717, 1.165) is 31.1 Å². The zero-order chi connectivity index (χ0) is 10.7. The number of hydrogen-bond donors (Lipinski definition) is 1. The molecule has 2 rings (SSSR count). The third-order valence-electron chi connectivity index (χ3n) is 2.45. The SMILES string of the molecule is CC(C)Cc1ccc2c(n1)OCCNC2. The Morgan fingerprint density at radius 2 is 2.33 bits per heavy atom. The van der Waals surface area contributed by atoms with Gasteiger partial charge in [-0.05, 0) is 18.4 Å². The van der Waals surface area contributed by atoms with Crippen LogP contribution < -0.4 is 10.1 Å². The molecule has 2 heterocycles. The molecule has 82 valence electrons. The highest BCUT2D eigenvalue weighted by Gasteiger charge is 2.10. The number of pyridine rings is 1. The molecule has 0 saturated carbocycles. The summed E-state index contributed by atoms with van der Waals surface area (Å²) in [5.74, 6) is 1.46. The van der Waals surface area contributed by atoms with Crippen molar-refractivity contribution >= 4 is 0 Å². The molecule has 0 aromatic carbocycles. The Morgan fingerprint density at radius 3 is 3.13 bits per heavy atom. The molecule has 0 aliphatic carbocycles. The molecule has 0 radical (unpaired) electrons. The van der Waals surface area contributed by atoms with Crippen LogP contribution in [0.4, 0.5) is 0 Å². The molecule has 1 aromatic rings. The van der Waals surface area contributed by atoms with Gasteiger partial charge in [-0.25, -0.2) is 4.98 Å². The average Bonchev–Trinajstić information content (AvgIpc) is 2.41. The number of fused-ring (bicyclic) bond motifs is 1. The number of ether oxygens (including phenoxy) is 1. The van der Waals surface area contributed by atoms with Crippen LogP contribution in [0.5, 0.6) is 5.88 Å². The second kappa shape index (κ2) is 4.62. The molecule has 3 nitrogen and oxygen atoms in total. The van der Waals surface area contributed by atoms with Gasteiger partial charge in [-0.3, -0.25) is 0 Å². The molecule has 0 bridgehead atoms. The molecular weight excluding hydrogens is 188 g/mol. The monoisotopic (exact) mass is 206 g/mol. The highest BCUT2D eigenvalue weighted by atomic mass is 16.5. The molecule has 0 amide bonds. The van der Waals surface area contributed by atoms with Crippen molar-refractivity contribution in [2.75, 3.05) is 13.2 Å². The largest absolute Gasteiger partial charge is 0.476 e. The molecular formula is C12H18N2O. The Bertz CT molecular complexity index is 336. The number of hydrogen-bond acceptors (Lipinski definition) is 3. The van der Waals surface area contributed by atoms with E-state index in [1.165, 1.54) is 5.56 Å². The molecule has 0 fully saturated rings. The Hall–Kier alpha value is -1.09. The first kappa shape index (κ1) is 10.4. The zero-order valence-electron chi connectivity index (χ0n) is 9.42. The van der Waals surface area contributed by atoms with E-state index < -0.39 is 0 Å². The van der Waals surface area contributed by atoms with Gasteiger partial charge >= 0.3 is 0 Å². The molecule has 0 unspecified atom stereocenters. The summed E-state index contributed by atoms with van der Waals surface area (Å²) in [7, 11) is 0. The van der Waals surface area contributed by atoms with Crippen molar-refractivity contribution in [2.24, 2.45) is 5.92 Å². The first-order chi connectivity index (χ1) is 7.25. The maximum absolute atomic E-state index is 5.60. The van der Waals surface area contributed by atoms with Crippen molar-refractivity contribution < 1.29 is 4.74 Å². The summed E-state index contributed by atoms with van der Waals surface area (Å²) in [6.07, 6.45) is 1.02.